The Bertz CT molecular complexity index is 1010. The van der Waals surface area contributed by atoms with Gasteiger partial charge in [-0.1, -0.05) is 24.6 Å². The summed E-state index contributed by atoms with van der Waals surface area (Å²) in [5.74, 6) is -1.15. The number of carbonyl (C=O) groups is 2. The molecule has 0 radical (unpaired) electrons. The van der Waals surface area contributed by atoms with Crippen molar-refractivity contribution in [1.29, 1.82) is 0 Å². The smallest absolute Gasteiger partial charge is 0.270 e. The van der Waals surface area contributed by atoms with E-state index in [2.05, 4.69) is 5.32 Å². The van der Waals surface area contributed by atoms with E-state index < -0.39 is 17.6 Å². The quantitative estimate of drug-likeness (QED) is 0.429. The fourth-order valence-electron chi connectivity index (χ4n) is 2.65. The number of halogens is 2. The summed E-state index contributed by atoms with van der Waals surface area (Å²) in [5, 5.41) is 2.78. The van der Waals surface area contributed by atoms with Crippen LogP contribution in [0.2, 0.25) is 5.02 Å². The highest BCUT2D eigenvalue weighted by Crippen LogP contribution is 2.29. The zero-order valence-electron chi connectivity index (χ0n) is 15.7. The Kier molecular flexibility index (Phi) is 6.30. The maximum atomic E-state index is 13.2. The maximum Gasteiger partial charge on any atom is 0.270 e. The van der Waals surface area contributed by atoms with Crippen LogP contribution < -0.4 is 15.0 Å². The standard InChI is InChI=1S/C21H18ClFN2O3S/c1-3-12(2)28-18-9-4-13(11-17(18)22)10-16-19(26)24-21(29)25(20(16)27)15-7-5-14(23)6-8-15/h4-12H,3H2,1-2H3,(H,24,26,29). The number of anilines is 1. The Labute approximate surface area is 178 Å². The molecule has 1 aliphatic heterocycles. The van der Waals surface area contributed by atoms with E-state index >= 15 is 0 Å². The molecule has 0 aromatic heterocycles. The van der Waals surface area contributed by atoms with Gasteiger partial charge in [0.05, 0.1) is 16.8 Å². The summed E-state index contributed by atoms with van der Waals surface area (Å²) in [6.45, 7) is 3.94. The van der Waals surface area contributed by atoms with Crippen molar-refractivity contribution in [2.45, 2.75) is 26.4 Å². The van der Waals surface area contributed by atoms with E-state index in [1.54, 1.807) is 18.2 Å². The third kappa shape index (κ3) is 4.63. The first-order valence-electron chi connectivity index (χ1n) is 8.93. The summed E-state index contributed by atoms with van der Waals surface area (Å²) in [7, 11) is 0. The molecule has 1 N–H and O–H groups in total. The fraction of sp³-hybridized carbons (Fsp3) is 0.190. The highest BCUT2D eigenvalue weighted by atomic mass is 35.5. The van der Waals surface area contributed by atoms with E-state index in [0.717, 1.165) is 11.3 Å². The average molecular weight is 433 g/mol. The number of hydrogen-bond acceptors (Lipinski definition) is 4. The summed E-state index contributed by atoms with van der Waals surface area (Å²) >= 11 is 11.4. The van der Waals surface area contributed by atoms with Crippen molar-refractivity contribution in [2.75, 3.05) is 4.90 Å². The summed E-state index contributed by atoms with van der Waals surface area (Å²) < 4.78 is 18.9. The van der Waals surface area contributed by atoms with Gasteiger partial charge in [0, 0.05) is 0 Å². The van der Waals surface area contributed by atoms with Crippen LogP contribution in [-0.4, -0.2) is 23.0 Å². The molecular formula is C21H18ClFN2O3S. The molecule has 2 amide bonds. The minimum absolute atomic E-state index is 0.00712. The SMILES string of the molecule is CCC(C)Oc1ccc(C=C2C(=O)NC(=S)N(c3ccc(F)cc3)C2=O)cc1Cl. The van der Waals surface area contributed by atoms with Gasteiger partial charge >= 0.3 is 0 Å². The molecule has 1 saturated heterocycles. The zero-order valence-corrected chi connectivity index (χ0v) is 17.3. The molecule has 0 aliphatic carbocycles. The first-order chi connectivity index (χ1) is 13.8. The van der Waals surface area contributed by atoms with E-state index in [1.165, 1.54) is 30.3 Å². The van der Waals surface area contributed by atoms with Crippen molar-refractivity contribution in [3.05, 3.63) is 64.4 Å². The first kappa shape index (κ1) is 21.0. The van der Waals surface area contributed by atoms with Crippen molar-refractivity contribution >= 4 is 52.5 Å². The second-order valence-corrected chi connectivity index (χ2v) is 7.25. The summed E-state index contributed by atoms with van der Waals surface area (Å²) in [6, 6.07) is 10.2. The van der Waals surface area contributed by atoms with Gasteiger partial charge in [-0.05, 0) is 73.6 Å². The number of benzene rings is 2. The predicted octanol–water partition coefficient (Wildman–Crippen LogP) is 4.49. The van der Waals surface area contributed by atoms with Gasteiger partial charge in [-0.15, -0.1) is 0 Å². The van der Waals surface area contributed by atoms with Gasteiger partial charge in [0.25, 0.3) is 11.8 Å². The molecule has 0 spiro atoms. The fourth-order valence-corrected chi connectivity index (χ4v) is 3.17. The lowest BCUT2D eigenvalue weighted by Gasteiger charge is -2.28. The van der Waals surface area contributed by atoms with Crippen LogP contribution in [0.25, 0.3) is 6.08 Å². The summed E-state index contributed by atoms with van der Waals surface area (Å²) in [6.07, 6.45) is 2.26. The molecule has 2 aromatic rings. The number of nitrogens with zero attached hydrogens (tertiary/aromatic N) is 1. The molecule has 1 fully saturated rings. The third-order valence-corrected chi connectivity index (χ3v) is 4.94. The largest absolute Gasteiger partial charge is 0.489 e. The van der Waals surface area contributed by atoms with E-state index in [0.29, 0.717) is 22.0 Å². The van der Waals surface area contributed by atoms with E-state index in [9.17, 15) is 14.0 Å². The Hall–Kier alpha value is -2.77. The number of nitrogens with one attached hydrogen (secondary N) is 1. The second-order valence-electron chi connectivity index (χ2n) is 6.46. The Morgan fingerprint density at radius 1 is 1.24 bits per heavy atom. The Morgan fingerprint density at radius 2 is 1.93 bits per heavy atom. The van der Waals surface area contributed by atoms with Gasteiger partial charge in [-0.3, -0.25) is 19.8 Å². The van der Waals surface area contributed by atoms with Gasteiger partial charge in [0.1, 0.15) is 17.1 Å². The van der Waals surface area contributed by atoms with Gasteiger partial charge < -0.3 is 4.74 Å². The molecule has 8 heteroatoms. The number of thiocarbonyl (C=S) groups is 1. The number of amides is 2. The summed E-state index contributed by atoms with van der Waals surface area (Å²) in [5.41, 5.74) is 0.786. The van der Waals surface area contributed by atoms with Gasteiger partial charge in [-0.25, -0.2) is 4.39 Å². The van der Waals surface area contributed by atoms with E-state index in [4.69, 9.17) is 28.6 Å². The first-order valence-corrected chi connectivity index (χ1v) is 9.72. The summed E-state index contributed by atoms with van der Waals surface area (Å²) in [4.78, 5) is 26.4. The number of ether oxygens (including phenoxy) is 1. The van der Waals surface area contributed by atoms with Crippen molar-refractivity contribution in [1.82, 2.24) is 5.32 Å². The Balaban J connectivity index is 1.92. The Morgan fingerprint density at radius 3 is 2.55 bits per heavy atom. The monoisotopic (exact) mass is 432 g/mol. The molecule has 150 valence electrons. The minimum atomic E-state index is -0.616. The lowest BCUT2D eigenvalue weighted by atomic mass is 10.1. The lowest BCUT2D eigenvalue weighted by molar-refractivity contribution is -0.122. The van der Waals surface area contributed by atoms with Crippen LogP contribution in [0.4, 0.5) is 10.1 Å². The normalized spacial score (nSPS) is 16.8. The van der Waals surface area contributed by atoms with Gasteiger partial charge in [0.2, 0.25) is 0 Å². The second kappa shape index (κ2) is 8.71. The zero-order chi connectivity index (χ0) is 21.1. The lowest BCUT2D eigenvalue weighted by Crippen LogP contribution is -2.54. The van der Waals surface area contributed by atoms with Crippen LogP contribution in [0.15, 0.2) is 48.0 Å². The van der Waals surface area contributed by atoms with Crippen molar-refractivity contribution in [3.63, 3.8) is 0 Å². The molecule has 1 aliphatic rings. The topological polar surface area (TPSA) is 58.6 Å². The van der Waals surface area contributed by atoms with Crippen molar-refractivity contribution in [3.8, 4) is 5.75 Å². The molecule has 29 heavy (non-hydrogen) atoms. The van der Waals surface area contributed by atoms with Crippen LogP contribution >= 0.6 is 23.8 Å². The van der Waals surface area contributed by atoms with Crippen LogP contribution in [-0.2, 0) is 9.59 Å². The van der Waals surface area contributed by atoms with Crippen molar-refractivity contribution < 1.29 is 18.7 Å². The molecule has 2 aromatic carbocycles. The molecule has 1 atom stereocenters. The number of carbonyl (C=O) groups excluding carboxylic acids is 2. The number of rotatable bonds is 5. The number of hydrogen-bond donors (Lipinski definition) is 1. The van der Waals surface area contributed by atoms with Crippen LogP contribution in [0.3, 0.4) is 0 Å². The predicted molar refractivity (Wildman–Crippen MR) is 114 cm³/mol. The van der Waals surface area contributed by atoms with Crippen LogP contribution in [0.5, 0.6) is 5.75 Å². The van der Waals surface area contributed by atoms with Crippen LogP contribution in [0, 0.1) is 5.82 Å². The average Bonchev–Trinajstić information content (AvgIpc) is 2.68. The van der Waals surface area contributed by atoms with Crippen molar-refractivity contribution in [2.24, 2.45) is 0 Å². The molecule has 3 rings (SSSR count). The molecule has 0 saturated carbocycles. The van der Waals surface area contributed by atoms with Gasteiger partial charge in [-0.2, -0.15) is 0 Å². The highest BCUT2D eigenvalue weighted by molar-refractivity contribution is 7.80. The van der Waals surface area contributed by atoms with E-state index in [1.807, 2.05) is 13.8 Å². The van der Waals surface area contributed by atoms with E-state index in [-0.39, 0.29) is 16.8 Å². The molecule has 1 heterocycles. The minimum Gasteiger partial charge on any atom is -0.489 e. The highest BCUT2D eigenvalue weighted by Gasteiger charge is 2.34. The molecule has 0 bridgehead atoms. The molecule has 1 unspecified atom stereocenters. The molecular weight excluding hydrogens is 415 g/mol. The van der Waals surface area contributed by atoms with Gasteiger partial charge in [0.15, 0.2) is 5.11 Å². The maximum absolute atomic E-state index is 13.2. The van der Waals surface area contributed by atoms with Crippen LogP contribution in [0.1, 0.15) is 25.8 Å². The third-order valence-electron chi connectivity index (χ3n) is 4.36. The molecule has 5 nitrogen and oxygen atoms in total.